The summed E-state index contributed by atoms with van der Waals surface area (Å²) in [7, 11) is 1.40. The van der Waals surface area contributed by atoms with Gasteiger partial charge in [-0.3, -0.25) is 4.98 Å². The van der Waals surface area contributed by atoms with Crippen molar-refractivity contribution in [1.82, 2.24) is 14.5 Å². The molecule has 2 aromatic heterocycles. The van der Waals surface area contributed by atoms with Crippen molar-refractivity contribution in [3.8, 4) is 0 Å². The fourth-order valence-electron chi connectivity index (χ4n) is 2.04. The zero-order chi connectivity index (χ0) is 16.4. The summed E-state index contributed by atoms with van der Waals surface area (Å²) in [6.45, 7) is -0.146. The maximum atomic E-state index is 13.3. The second kappa shape index (κ2) is 6.13. The quantitative estimate of drug-likeness (QED) is 0.882. The molecule has 0 saturated heterocycles. The van der Waals surface area contributed by atoms with Gasteiger partial charge in [0.1, 0.15) is 5.82 Å². The van der Waals surface area contributed by atoms with Gasteiger partial charge in [0.15, 0.2) is 0 Å². The number of pyridine rings is 1. The average Bonchev–Trinajstić information content (AvgIpc) is 2.86. The number of hydrogen-bond donors (Lipinski definition) is 2. The average molecular weight is 335 g/mol. The summed E-state index contributed by atoms with van der Waals surface area (Å²) in [6, 6.07) is 1.54. The van der Waals surface area contributed by atoms with Crippen LogP contribution in [0.3, 0.4) is 0 Å². The molecule has 0 amide bonds. The Labute approximate surface area is 129 Å². The van der Waals surface area contributed by atoms with Gasteiger partial charge in [0, 0.05) is 44.8 Å². The van der Waals surface area contributed by atoms with E-state index in [0.717, 1.165) is 4.57 Å². The van der Waals surface area contributed by atoms with Crippen LogP contribution in [0.15, 0.2) is 30.9 Å². The maximum Gasteiger partial charge on any atom is 0.424 e. The standard InChI is InChI=1S/C13H14ClF3N4O/c1-21-7-6-20-11(21)12(22,13(15,16)17)3-5-19-10-2-4-18-8-9(10)14/h2,4,6-8,22H,3,5H2,1H3,(H,18,19). The molecule has 2 rings (SSSR count). The van der Waals surface area contributed by atoms with Crippen molar-refractivity contribution < 1.29 is 18.3 Å². The van der Waals surface area contributed by atoms with E-state index in [9.17, 15) is 18.3 Å². The van der Waals surface area contributed by atoms with Crippen LogP contribution in [0.25, 0.3) is 0 Å². The first-order chi connectivity index (χ1) is 10.3. The molecule has 1 unspecified atom stereocenters. The summed E-state index contributed by atoms with van der Waals surface area (Å²) < 4.78 is 41.0. The number of nitrogens with zero attached hydrogens (tertiary/aromatic N) is 3. The SMILES string of the molecule is Cn1ccnc1C(O)(CCNc1ccncc1Cl)C(F)(F)F. The molecule has 0 aliphatic carbocycles. The molecule has 9 heteroatoms. The molecule has 2 N–H and O–H groups in total. The highest BCUT2D eigenvalue weighted by Crippen LogP contribution is 2.40. The van der Waals surface area contributed by atoms with E-state index in [1.165, 1.54) is 37.9 Å². The predicted molar refractivity (Wildman–Crippen MR) is 75.5 cm³/mol. The molecule has 0 radical (unpaired) electrons. The van der Waals surface area contributed by atoms with E-state index < -0.39 is 24.0 Å². The van der Waals surface area contributed by atoms with Crippen molar-refractivity contribution in [3.05, 3.63) is 41.7 Å². The van der Waals surface area contributed by atoms with Crippen LogP contribution in [-0.2, 0) is 12.6 Å². The van der Waals surface area contributed by atoms with Crippen LogP contribution in [0, 0.1) is 0 Å². The normalized spacial score (nSPS) is 14.6. The molecule has 2 aromatic rings. The van der Waals surface area contributed by atoms with Crippen LogP contribution in [0.2, 0.25) is 5.02 Å². The van der Waals surface area contributed by atoms with Crippen molar-refractivity contribution in [3.63, 3.8) is 0 Å². The van der Waals surface area contributed by atoms with Crippen molar-refractivity contribution in [2.75, 3.05) is 11.9 Å². The van der Waals surface area contributed by atoms with Gasteiger partial charge >= 0.3 is 6.18 Å². The molecule has 22 heavy (non-hydrogen) atoms. The highest BCUT2D eigenvalue weighted by Gasteiger charge is 2.57. The number of alkyl halides is 3. The number of anilines is 1. The summed E-state index contributed by atoms with van der Waals surface area (Å²) in [5.41, 5.74) is -2.60. The number of halogens is 4. The highest BCUT2D eigenvalue weighted by atomic mass is 35.5. The molecule has 0 aromatic carbocycles. The zero-order valence-corrected chi connectivity index (χ0v) is 12.4. The lowest BCUT2D eigenvalue weighted by Gasteiger charge is -2.30. The first kappa shape index (κ1) is 16.6. The van der Waals surface area contributed by atoms with Crippen molar-refractivity contribution >= 4 is 17.3 Å². The Hall–Kier alpha value is -1.80. The molecule has 5 nitrogen and oxygen atoms in total. The number of aliphatic hydroxyl groups is 1. The van der Waals surface area contributed by atoms with Gasteiger partial charge in [-0.15, -0.1) is 0 Å². The molecule has 1 atom stereocenters. The van der Waals surface area contributed by atoms with Gasteiger partial charge in [-0.2, -0.15) is 13.2 Å². The fourth-order valence-corrected chi connectivity index (χ4v) is 2.23. The summed E-state index contributed by atoms with van der Waals surface area (Å²) >= 11 is 5.86. The minimum absolute atomic E-state index is 0.146. The molecule has 2 heterocycles. The minimum atomic E-state index is -4.85. The Balaban J connectivity index is 2.16. The summed E-state index contributed by atoms with van der Waals surface area (Å²) in [4.78, 5) is 7.41. The van der Waals surface area contributed by atoms with Crippen LogP contribution in [0.1, 0.15) is 12.2 Å². The number of aryl methyl sites for hydroxylation is 1. The third kappa shape index (κ3) is 3.17. The third-order valence-corrected chi connectivity index (χ3v) is 3.54. The van der Waals surface area contributed by atoms with E-state index >= 15 is 0 Å². The van der Waals surface area contributed by atoms with Gasteiger partial charge in [-0.25, -0.2) is 4.98 Å². The van der Waals surface area contributed by atoms with Crippen LogP contribution in [0.4, 0.5) is 18.9 Å². The molecule has 0 spiro atoms. The first-order valence-electron chi connectivity index (χ1n) is 6.36. The summed E-state index contributed by atoms with van der Waals surface area (Å²) in [5, 5.41) is 13.2. The maximum absolute atomic E-state index is 13.3. The third-order valence-electron chi connectivity index (χ3n) is 3.23. The molecular weight excluding hydrogens is 321 g/mol. The van der Waals surface area contributed by atoms with Gasteiger partial charge in [0.05, 0.1) is 10.7 Å². The number of imidazole rings is 1. The number of hydrogen-bond acceptors (Lipinski definition) is 4. The molecular formula is C13H14ClF3N4O. The molecule has 0 saturated carbocycles. The van der Waals surface area contributed by atoms with Gasteiger partial charge in [0.2, 0.25) is 5.60 Å². The Morgan fingerprint density at radius 2 is 2.09 bits per heavy atom. The van der Waals surface area contributed by atoms with E-state index in [2.05, 4.69) is 15.3 Å². The van der Waals surface area contributed by atoms with Crippen LogP contribution in [0.5, 0.6) is 0 Å². The Morgan fingerprint density at radius 3 is 2.64 bits per heavy atom. The van der Waals surface area contributed by atoms with Gasteiger partial charge in [-0.1, -0.05) is 11.6 Å². The van der Waals surface area contributed by atoms with Crippen molar-refractivity contribution in [1.29, 1.82) is 0 Å². The minimum Gasteiger partial charge on any atom is -0.384 e. The van der Waals surface area contributed by atoms with E-state index in [1.807, 2.05) is 0 Å². The highest BCUT2D eigenvalue weighted by molar-refractivity contribution is 6.33. The summed E-state index contributed by atoms with van der Waals surface area (Å²) in [6.07, 6.45) is -0.0736. The Morgan fingerprint density at radius 1 is 1.36 bits per heavy atom. The summed E-state index contributed by atoms with van der Waals surface area (Å²) in [5.74, 6) is -0.456. The predicted octanol–water partition coefficient (Wildman–Crippen LogP) is 2.72. The number of rotatable bonds is 5. The topological polar surface area (TPSA) is 63.0 Å². The van der Waals surface area contributed by atoms with E-state index in [0.29, 0.717) is 5.69 Å². The van der Waals surface area contributed by atoms with Gasteiger partial charge in [0.25, 0.3) is 0 Å². The van der Waals surface area contributed by atoms with Gasteiger partial charge in [-0.05, 0) is 6.07 Å². The molecule has 0 aliphatic heterocycles. The smallest absolute Gasteiger partial charge is 0.384 e. The largest absolute Gasteiger partial charge is 0.424 e. The Bertz CT molecular complexity index is 646. The van der Waals surface area contributed by atoms with E-state index in [1.54, 1.807) is 0 Å². The number of nitrogens with one attached hydrogen (secondary N) is 1. The van der Waals surface area contributed by atoms with E-state index in [4.69, 9.17) is 11.6 Å². The van der Waals surface area contributed by atoms with Gasteiger partial charge < -0.3 is 15.0 Å². The zero-order valence-electron chi connectivity index (χ0n) is 11.6. The van der Waals surface area contributed by atoms with Crippen molar-refractivity contribution in [2.45, 2.75) is 18.2 Å². The van der Waals surface area contributed by atoms with Crippen LogP contribution >= 0.6 is 11.6 Å². The monoisotopic (exact) mass is 334 g/mol. The second-order valence-electron chi connectivity index (χ2n) is 4.75. The lowest BCUT2D eigenvalue weighted by molar-refractivity contribution is -0.271. The molecule has 0 aliphatic rings. The second-order valence-corrected chi connectivity index (χ2v) is 5.16. The number of aromatic nitrogens is 3. The Kier molecular flexibility index (Phi) is 4.62. The molecule has 0 bridgehead atoms. The fraction of sp³-hybridized carbons (Fsp3) is 0.385. The lowest BCUT2D eigenvalue weighted by Crippen LogP contribution is -2.45. The van der Waals surface area contributed by atoms with Crippen LogP contribution in [-0.4, -0.2) is 32.4 Å². The lowest BCUT2D eigenvalue weighted by atomic mass is 9.97. The molecule has 0 fully saturated rings. The van der Waals surface area contributed by atoms with Crippen molar-refractivity contribution in [2.24, 2.45) is 7.05 Å². The molecule has 120 valence electrons. The van der Waals surface area contributed by atoms with Crippen LogP contribution < -0.4 is 5.32 Å². The van der Waals surface area contributed by atoms with E-state index in [-0.39, 0.29) is 11.6 Å². The first-order valence-corrected chi connectivity index (χ1v) is 6.74.